The van der Waals surface area contributed by atoms with Gasteiger partial charge in [0, 0.05) is 10.0 Å². The summed E-state index contributed by atoms with van der Waals surface area (Å²) >= 11 is 3.56. The number of imidazole rings is 1. The number of aromatic nitrogens is 2. The molecule has 2 nitrogen and oxygen atoms in total. The van der Waals surface area contributed by atoms with Crippen LogP contribution in [0.15, 0.2) is 40.9 Å². The molecule has 1 aromatic heterocycles. The predicted molar refractivity (Wildman–Crippen MR) is 78.7 cm³/mol. The number of nitrogens with one attached hydrogen (secondary N) is 1. The molecule has 0 saturated heterocycles. The molecule has 0 radical (unpaired) electrons. The molecule has 0 amide bonds. The fraction of sp³-hybridized carbons (Fsp3) is 0.133. The van der Waals surface area contributed by atoms with Gasteiger partial charge in [-0.1, -0.05) is 34.1 Å². The minimum Gasteiger partial charge on any atom is -0.338 e. The molecular formula is C15H13BrN2. The highest BCUT2D eigenvalue weighted by Crippen LogP contribution is 2.28. The first kappa shape index (κ1) is 11.5. The molecule has 0 spiro atoms. The molecule has 0 bridgehead atoms. The van der Waals surface area contributed by atoms with Gasteiger partial charge in [0.05, 0.1) is 11.0 Å². The summed E-state index contributed by atoms with van der Waals surface area (Å²) in [6, 6.07) is 12.4. The van der Waals surface area contributed by atoms with Crippen molar-refractivity contribution in [3.63, 3.8) is 0 Å². The number of rotatable bonds is 1. The molecule has 0 saturated carbocycles. The average molecular weight is 301 g/mol. The summed E-state index contributed by atoms with van der Waals surface area (Å²) in [4.78, 5) is 8.04. The molecule has 90 valence electrons. The minimum atomic E-state index is 0.905. The Balaban J connectivity index is 2.23. The maximum atomic E-state index is 4.66. The Morgan fingerprint density at radius 3 is 2.56 bits per heavy atom. The van der Waals surface area contributed by atoms with E-state index in [0.717, 1.165) is 26.9 Å². The number of hydrogen-bond donors (Lipinski definition) is 1. The Labute approximate surface area is 114 Å². The fourth-order valence-corrected chi connectivity index (χ4v) is 2.52. The Morgan fingerprint density at radius 2 is 1.78 bits per heavy atom. The maximum absolute atomic E-state index is 4.66. The van der Waals surface area contributed by atoms with E-state index in [4.69, 9.17) is 0 Å². The largest absolute Gasteiger partial charge is 0.338 e. The second kappa shape index (κ2) is 4.25. The van der Waals surface area contributed by atoms with Gasteiger partial charge in [-0.25, -0.2) is 4.98 Å². The van der Waals surface area contributed by atoms with Crippen LogP contribution >= 0.6 is 15.9 Å². The van der Waals surface area contributed by atoms with Crippen molar-refractivity contribution in [2.45, 2.75) is 13.8 Å². The summed E-state index contributed by atoms with van der Waals surface area (Å²) in [5.41, 5.74) is 5.74. The van der Waals surface area contributed by atoms with E-state index < -0.39 is 0 Å². The molecule has 3 heteroatoms. The first-order chi connectivity index (χ1) is 8.65. The summed E-state index contributed by atoms with van der Waals surface area (Å²) in [7, 11) is 0. The summed E-state index contributed by atoms with van der Waals surface area (Å²) in [6.45, 7) is 4.23. The molecule has 1 heterocycles. The van der Waals surface area contributed by atoms with Gasteiger partial charge in [0.2, 0.25) is 0 Å². The van der Waals surface area contributed by atoms with E-state index in [0.29, 0.717) is 0 Å². The van der Waals surface area contributed by atoms with Crippen molar-refractivity contribution in [1.82, 2.24) is 9.97 Å². The lowest BCUT2D eigenvalue weighted by molar-refractivity contribution is 1.33. The van der Waals surface area contributed by atoms with Gasteiger partial charge in [0.15, 0.2) is 0 Å². The van der Waals surface area contributed by atoms with Crippen molar-refractivity contribution < 1.29 is 0 Å². The van der Waals surface area contributed by atoms with Gasteiger partial charge in [-0.15, -0.1) is 0 Å². The zero-order chi connectivity index (χ0) is 12.7. The lowest BCUT2D eigenvalue weighted by atomic mass is 10.1. The second-order valence-corrected chi connectivity index (χ2v) is 5.37. The first-order valence-corrected chi connectivity index (χ1v) is 6.66. The highest BCUT2D eigenvalue weighted by molar-refractivity contribution is 9.10. The molecule has 0 fully saturated rings. The van der Waals surface area contributed by atoms with E-state index in [1.54, 1.807) is 0 Å². The molecule has 0 aliphatic rings. The van der Waals surface area contributed by atoms with Crippen molar-refractivity contribution in [2.75, 3.05) is 0 Å². The Hall–Kier alpha value is -1.61. The fourth-order valence-electron chi connectivity index (χ4n) is 2.05. The van der Waals surface area contributed by atoms with Gasteiger partial charge in [-0.3, -0.25) is 0 Å². The van der Waals surface area contributed by atoms with Crippen LogP contribution in [0.3, 0.4) is 0 Å². The number of halogens is 1. The van der Waals surface area contributed by atoms with Crippen LogP contribution < -0.4 is 0 Å². The van der Waals surface area contributed by atoms with Gasteiger partial charge in [-0.2, -0.15) is 0 Å². The minimum absolute atomic E-state index is 0.905. The van der Waals surface area contributed by atoms with Crippen molar-refractivity contribution in [3.05, 3.63) is 52.0 Å². The van der Waals surface area contributed by atoms with Crippen molar-refractivity contribution in [2.24, 2.45) is 0 Å². The molecule has 1 N–H and O–H groups in total. The van der Waals surface area contributed by atoms with Crippen molar-refractivity contribution in [1.29, 1.82) is 0 Å². The summed E-state index contributed by atoms with van der Waals surface area (Å²) in [5, 5.41) is 0. The summed E-state index contributed by atoms with van der Waals surface area (Å²) in [5.74, 6) is 0.905. The molecular weight excluding hydrogens is 288 g/mol. The maximum Gasteiger partial charge on any atom is 0.139 e. The number of nitrogens with zero attached hydrogens (tertiary/aromatic N) is 1. The van der Waals surface area contributed by atoms with Crippen LogP contribution in [0.1, 0.15) is 11.1 Å². The topological polar surface area (TPSA) is 28.7 Å². The normalized spacial score (nSPS) is 11.1. The Kier molecular flexibility index (Phi) is 2.71. The lowest BCUT2D eigenvalue weighted by Gasteiger charge is -1.98. The van der Waals surface area contributed by atoms with E-state index in [9.17, 15) is 0 Å². The molecule has 0 atom stereocenters. The number of aryl methyl sites for hydroxylation is 2. The number of hydrogen-bond acceptors (Lipinski definition) is 1. The van der Waals surface area contributed by atoms with Gasteiger partial charge < -0.3 is 4.98 Å². The van der Waals surface area contributed by atoms with Crippen LogP contribution in [0, 0.1) is 13.8 Å². The van der Waals surface area contributed by atoms with Gasteiger partial charge in [0.25, 0.3) is 0 Å². The smallest absolute Gasteiger partial charge is 0.139 e. The molecule has 3 aromatic rings. The van der Waals surface area contributed by atoms with Crippen LogP contribution in [0.2, 0.25) is 0 Å². The second-order valence-electron chi connectivity index (χ2n) is 4.52. The van der Waals surface area contributed by atoms with Gasteiger partial charge in [-0.05, 0) is 43.2 Å². The molecule has 3 rings (SSSR count). The number of fused-ring (bicyclic) bond motifs is 1. The van der Waals surface area contributed by atoms with Crippen LogP contribution in [0.5, 0.6) is 0 Å². The standard InChI is InChI=1S/C15H13BrN2/c1-9-7-13-14(8-10(9)2)18-15(17-13)11-5-3-4-6-12(11)16/h3-8H,1-2H3,(H,17,18). The SMILES string of the molecule is Cc1cc2nc(-c3ccccc3Br)[nH]c2cc1C. The number of benzene rings is 2. The quantitative estimate of drug-likeness (QED) is 0.698. The third kappa shape index (κ3) is 1.85. The lowest BCUT2D eigenvalue weighted by Crippen LogP contribution is -1.81. The van der Waals surface area contributed by atoms with Crippen LogP contribution in [-0.2, 0) is 0 Å². The molecule has 18 heavy (non-hydrogen) atoms. The predicted octanol–water partition coefficient (Wildman–Crippen LogP) is 4.61. The third-order valence-corrected chi connectivity index (χ3v) is 3.92. The summed E-state index contributed by atoms with van der Waals surface area (Å²) in [6.07, 6.45) is 0. The zero-order valence-corrected chi connectivity index (χ0v) is 11.9. The van der Waals surface area contributed by atoms with Crippen molar-refractivity contribution >= 4 is 27.0 Å². The highest BCUT2D eigenvalue weighted by Gasteiger charge is 2.08. The van der Waals surface area contributed by atoms with Crippen molar-refractivity contribution in [3.8, 4) is 11.4 Å². The van der Waals surface area contributed by atoms with E-state index in [1.165, 1.54) is 11.1 Å². The van der Waals surface area contributed by atoms with Crippen LogP contribution in [0.25, 0.3) is 22.4 Å². The van der Waals surface area contributed by atoms with E-state index in [1.807, 2.05) is 18.2 Å². The van der Waals surface area contributed by atoms with E-state index >= 15 is 0 Å². The summed E-state index contributed by atoms with van der Waals surface area (Å²) < 4.78 is 1.05. The Bertz CT molecular complexity index is 689. The Morgan fingerprint density at radius 1 is 1.06 bits per heavy atom. The van der Waals surface area contributed by atoms with Crippen LogP contribution in [0.4, 0.5) is 0 Å². The van der Waals surface area contributed by atoms with E-state index in [-0.39, 0.29) is 0 Å². The highest BCUT2D eigenvalue weighted by atomic mass is 79.9. The average Bonchev–Trinajstić information content (AvgIpc) is 2.73. The number of H-pyrrole nitrogens is 1. The van der Waals surface area contributed by atoms with Crippen LogP contribution in [-0.4, -0.2) is 9.97 Å². The van der Waals surface area contributed by atoms with E-state index in [2.05, 4.69) is 57.9 Å². The first-order valence-electron chi connectivity index (χ1n) is 5.87. The monoisotopic (exact) mass is 300 g/mol. The molecule has 0 aliphatic carbocycles. The molecule has 2 aromatic carbocycles. The molecule has 0 unspecified atom stereocenters. The third-order valence-electron chi connectivity index (χ3n) is 3.23. The number of aromatic amines is 1. The molecule has 0 aliphatic heterocycles. The zero-order valence-electron chi connectivity index (χ0n) is 10.3. The van der Waals surface area contributed by atoms with Gasteiger partial charge in [0.1, 0.15) is 5.82 Å². The van der Waals surface area contributed by atoms with Gasteiger partial charge >= 0.3 is 0 Å².